The van der Waals surface area contributed by atoms with Crippen LogP contribution in [0.25, 0.3) is 0 Å². The molecular formula is C16H28N4O3S2. The fourth-order valence-electron chi connectivity index (χ4n) is 2.47. The number of thioether (sulfide) groups is 1. The molecule has 2 heterocycles. The molecule has 0 aromatic carbocycles. The lowest BCUT2D eigenvalue weighted by atomic mass is 10.0. The Hall–Kier alpha value is -0.900. The Balaban J connectivity index is 1.88. The van der Waals surface area contributed by atoms with E-state index in [4.69, 9.17) is 9.47 Å². The van der Waals surface area contributed by atoms with Crippen LogP contribution < -0.4 is 10.2 Å². The molecule has 142 valence electrons. The molecule has 1 amide bonds. The number of carbonyl (C=O) groups excluding carboxylic acids is 1. The van der Waals surface area contributed by atoms with E-state index < -0.39 is 5.60 Å². The molecule has 2 atom stereocenters. The minimum absolute atomic E-state index is 0.0625. The first-order chi connectivity index (χ1) is 12.0. The predicted molar refractivity (Wildman–Crippen MR) is 103 cm³/mol. The second-order valence-electron chi connectivity index (χ2n) is 6.36. The predicted octanol–water partition coefficient (Wildman–Crippen LogP) is 2.10. The van der Waals surface area contributed by atoms with Gasteiger partial charge < -0.3 is 19.7 Å². The van der Waals surface area contributed by atoms with Crippen molar-refractivity contribution in [2.45, 2.75) is 38.9 Å². The molecule has 1 aromatic heterocycles. The lowest BCUT2D eigenvalue weighted by Gasteiger charge is -2.40. The number of methoxy groups -OCH3 is 1. The number of hydrogen-bond acceptors (Lipinski definition) is 8. The maximum Gasteiger partial charge on any atom is 0.230 e. The average Bonchev–Trinajstić information content (AvgIpc) is 3.10. The van der Waals surface area contributed by atoms with Crippen molar-refractivity contribution in [1.82, 2.24) is 14.7 Å². The second-order valence-corrected chi connectivity index (χ2v) is 8.20. The highest BCUT2D eigenvalue weighted by molar-refractivity contribution is 7.99. The number of morpholine rings is 1. The van der Waals surface area contributed by atoms with E-state index in [1.54, 1.807) is 18.9 Å². The van der Waals surface area contributed by atoms with Gasteiger partial charge in [-0.1, -0.05) is 6.92 Å². The molecular weight excluding hydrogens is 360 g/mol. The number of aromatic nitrogens is 2. The summed E-state index contributed by atoms with van der Waals surface area (Å²) in [5.74, 6) is 2.28. The first kappa shape index (κ1) is 20.4. The number of ether oxygens (including phenoxy) is 2. The summed E-state index contributed by atoms with van der Waals surface area (Å²) in [7, 11) is 1.65. The number of amides is 1. The third-order valence-electron chi connectivity index (χ3n) is 4.00. The monoisotopic (exact) mass is 388 g/mol. The molecule has 1 saturated heterocycles. The van der Waals surface area contributed by atoms with Gasteiger partial charge in [-0.3, -0.25) is 4.79 Å². The Labute approximate surface area is 158 Å². The molecule has 2 rings (SSSR count). The number of hydrogen-bond donors (Lipinski definition) is 1. The summed E-state index contributed by atoms with van der Waals surface area (Å²) in [5, 5.41) is 3.87. The second kappa shape index (κ2) is 9.70. The Bertz CT molecular complexity index is 557. The summed E-state index contributed by atoms with van der Waals surface area (Å²) in [6.45, 7) is 8.61. The summed E-state index contributed by atoms with van der Waals surface area (Å²) in [4.78, 5) is 18.7. The summed E-state index contributed by atoms with van der Waals surface area (Å²) in [6, 6.07) is 0. The maximum atomic E-state index is 11.9. The van der Waals surface area contributed by atoms with Gasteiger partial charge in [0.1, 0.15) is 11.7 Å². The lowest BCUT2D eigenvalue weighted by Crippen LogP contribution is -2.55. The zero-order valence-corrected chi connectivity index (χ0v) is 17.0. The fraction of sp³-hybridized carbons (Fsp3) is 0.812. The molecule has 1 aliphatic heterocycles. The van der Waals surface area contributed by atoms with Crippen LogP contribution in [0.1, 0.15) is 39.1 Å². The molecule has 0 saturated carbocycles. The highest BCUT2D eigenvalue weighted by Gasteiger charge is 2.34. The minimum Gasteiger partial charge on any atom is -0.374 e. The standard InChI is InChI=1S/C16H28N4O3S2/c1-5-8-24-9-13(21)17-10-16(3)11-20(6-7-23-16)15-18-14(19-25-15)12(2)22-4/h12H,5-11H2,1-4H3,(H,17,21). The highest BCUT2D eigenvalue weighted by atomic mass is 32.2. The molecule has 0 bridgehead atoms. The summed E-state index contributed by atoms with van der Waals surface area (Å²) < 4.78 is 15.6. The third-order valence-corrected chi connectivity index (χ3v) is 5.95. The van der Waals surface area contributed by atoms with Gasteiger partial charge in [0, 0.05) is 31.7 Å². The summed E-state index contributed by atoms with van der Waals surface area (Å²) in [5.41, 5.74) is -0.429. The van der Waals surface area contributed by atoms with Gasteiger partial charge in [-0.25, -0.2) is 4.98 Å². The van der Waals surface area contributed by atoms with Crippen LogP contribution in [0.4, 0.5) is 5.13 Å². The van der Waals surface area contributed by atoms with Gasteiger partial charge >= 0.3 is 0 Å². The smallest absolute Gasteiger partial charge is 0.230 e. The van der Waals surface area contributed by atoms with Gasteiger partial charge in [0.15, 0.2) is 5.82 Å². The van der Waals surface area contributed by atoms with Gasteiger partial charge in [-0.15, -0.1) is 0 Å². The Morgan fingerprint density at radius 1 is 1.60 bits per heavy atom. The fourth-order valence-corrected chi connectivity index (χ4v) is 3.96. The third kappa shape index (κ3) is 6.09. The molecule has 1 aromatic rings. The van der Waals surface area contributed by atoms with E-state index >= 15 is 0 Å². The van der Waals surface area contributed by atoms with E-state index in [9.17, 15) is 4.79 Å². The van der Waals surface area contributed by atoms with Crippen LogP contribution in [0.5, 0.6) is 0 Å². The van der Waals surface area contributed by atoms with Crippen LogP contribution in [0.3, 0.4) is 0 Å². The summed E-state index contributed by atoms with van der Waals surface area (Å²) in [6.07, 6.45) is 0.969. The van der Waals surface area contributed by atoms with Crippen molar-refractivity contribution < 1.29 is 14.3 Å². The highest BCUT2D eigenvalue weighted by Crippen LogP contribution is 2.26. The number of rotatable bonds is 9. The van der Waals surface area contributed by atoms with Crippen molar-refractivity contribution in [3.8, 4) is 0 Å². The average molecular weight is 389 g/mol. The molecule has 9 heteroatoms. The Morgan fingerprint density at radius 3 is 3.12 bits per heavy atom. The topological polar surface area (TPSA) is 76.6 Å². The van der Waals surface area contributed by atoms with Crippen molar-refractivity contribution in [3.05, 3.63) is 5.82 Å². The van der Waals surface area contributed by atoms with E-state index in [2.05, 4.69) is 26.5 Å². The number of carbonyl (C=O) groups is 1. The van der Waals surface area contributed by atoms with E-state index in [1.807, 2.05) is 13.8 Å². The number of nitrogens with zero attached hydrogens (tertiary/aromatic N) is 3. The van der Waals surface area contributed by atoms with Gasteiger partial charge in [0.05, 0.1) is 18.9 Å². The summed E-state index contributed by atoms with van der Waals surface area (Å²) >= 11 is 3.04. The molecule has 25 heavy (non-hydrogen) atoms. The van der Waals surface area contributed by atoms with Crippen LogP contribution in [-0.2, 0) is 14.3 Å². The van der Waals surface area contributed by atoms with Crippen LogP contribution in [0.2, 0.25) is 0 Å². The minimum atomic E-state index is -0.429. The SMILES string of the molecule is CCCSCC(=O)NCC1(C)CN(c2nc(C(C)OC)ns2)CCO1. The molecule has 2 unspecified atom stereocenters. The Morgan fingerprint density at radius 2 is 2.40 bits per heavy atom. The first-order valence-corrected chi connectivity index (χ1v) is 10.5. The van der Waals surface area contributed by atoms with Gasteiger partial charge in [0.2, 0.25) is 11.0 Å². The van der Waals surface area contributed by atoms with Gasteiger partial charge in [-0.2, -0.15) is 16.1 Å². The van der Waals surface area contributed by atoms with E-state index in [0.29, 0.717) is 31.3 Å². The molecule has 1 fully saturated rings. The molecule has 7 nitrogen and oxygen atoms in total. The maximum absolute atomic E-state index is 11.9. The molecule has 1 aliphatic rings. The molecule has 0 radical (unpaired) electrons. The van der Waals surface area contributed by atoms with Crippen LogP contribution >= 0.6 is 23.3 Å². The van der Waals surface area contributed by atoms with Gasteiger partial charge in [-0.05, 0) is 26.0 Å². The van der Waals surface area contributed by atoms with E-state index in [1.165, 1.54) is 11.5 Å². The van der Waals surface area contributed by atoms with Crippen molar-refractivity contribution in [3.63, 3.8) is 0 Å². The number of nitrogens with one attached hydrogen (secondary N) is 1. The zero-order chi connectivity index (χ0) is 18.3. The quantitative estimate of drug-likeness (QED) is 0.649. The van der Waals surface area contributed by atoms with Crippen LogP contribution in [0, 0.1) is 0 Å². The van der Waals surface area contributed by atoms with Crippen molar-refractivity contribution in [2.75, 3.05) is 49.8 Å². The molecule has 0 spiro atoms. The van der Waals surface area contributed by atoms with E-state index in [0.717, 1.165) is 23.8 Å². The first-order valence-electron chi connectivity index (χ1n) is 8.57. The van der Waals surface area contributed by atoms with Crippen LogP contribution in [0.15, 0.2) is 0 Å². The molecule has 0 aliphatic carbocycles. The van der Waals surface area contributed by atoms with Gasteiger partial charge in [0.25, 0.3) is 0 Å². The van der Waals surface area contributed by atoms with Crippen LogP contribution in [-0.4, -0.2) is 65.7 Å². The van der Waals surface area contributed by atoms with Crippen molar-refractivity contribution in [1.29, 1.82) is 0 Å². The van der Waals surface area contributed by atoms with E-state index in [-0.39, 0.29) is 12.0 Å². The van der Waals surface area contributed by atoms with Crippen molar-refractivity contribution >= 4 is 34.3 Å². The zero-order valence-electron chi connectivity index (χ0n) is 15.4. The molecule has 1 N–H and O–H groups in total. The lowest BCUT2D eigenvalue weighted by molar-refractivity contribution is -0.120. The number of anilines is 1. The Kier molecular flexibility index (Phi) is 7.92. The van der Waals surface area contributed by atoms with Crippen molar-refractivity contribution in [2.24, 2.45) is 0 Å². The normalized spacial score (nSPS) is 22.0. The largest absolute Gasteiger partial charge is 0.374 e.